The molecular formula is C5H6N2O3. The van der Waals surface area contributed by atoms with Gasteiger partial charge in [0.1, 0.15) is 6.26 Å². The maximum absolute atomic E-state index is 10.7. The maximum atomic E-state index is 10.7. The molecule has 0 aliphatic carbocycles. The molecular weight excluding hydrogens is 136 g/mol. The van der Waals surface area contributed by atoms with E-state index in [1.807, 2.05) is 0 Å². The number of rotatable bonds is 0. The van der Waals surface area contributed by atoms with Gasteiger partial charge in [0.2, 0.25) is 0 Å². The maximum Gasteiger partial charge on any atom is 0.358 e. The molecule has 0 spiro atoms. The first-order valence-corrected chi connectivity index (χ1v) is 2.65. The average molecular weight is 142 g/mol. The van der Waals surface area contributed by atoms with Crippen molar-refractivity contribution in [1.82, 2.24) is 10.1 Å². The molecule has 0 aliphatic rings. The van der Waals surface area contributed by atoms with Crippen molar-refractivity contribution in [3.05, 3.63) is 22.7 Å². The predicted molar refractivity (Wildman–Crippen MR) is 32.8 cm³/mol. The first-order chi connectivity index (χ1) is 4.75. The molecule has 1 heterocycles. The Labute approximate surface area is 56.2 Å². The van der Waals surface area contributed by atoms with Crippen LogP contribution in [-0.4, -0.2) is 17.8 Å². The van der Waals surface area contributed by atoms with Crippen molar-refractivity contribution in [3.8, 4) is 0 Å². The quantitative estimate of drug-likeness (QED) is 0.537. The van der Waals surface area contributed by atoms with E-state index in [-0.39, 0.29) is 0 Å². The second kappa shape index (κ2) is 2.38. The molecule has 0 unspecified atom stereocenters. The van der Waals surface area contributed by atoms with Gasteiger partial charge < -0.3 is 9.84 Å². The van der Waals surface area contributed by atoms with Crippen LogP contribution in [0.15, 0.2) is 21.6 Å². The molecule has 5 nitrogen and oxygen atoms in total. The second-order valence-electron chi connectivity index (χ2n) is 1.60. The summed E-state index contributed by atoms with van der Waals surface area (Å²) in [6.07, 6.45) is 1.15. The fraction of sp³-hybridized carbons (Fsp3) is 0.200. The van der Waals surface area contributed by atoms with Gasteiger partial charge in [-0.05, 0) is 0 Å². The standard InChI is InChI=1S/C5H6N2O3/c1-6-5(9)7-4(8)2-3-10-7/h2-3H,1H3,(H,6,9). The summed E-state index contributed by atoms with van der Waals surface area (Å²) in [5.74, 6) is 0. The lowest BCUT2D eigenvalue weighted by molar-refractivity contribution is 0.211. The number of aromatic nitrogens is 1. The molecule has 1 aromatic heterocycles. The summed E-state index contributed by atoms with van der Waals surface area (Å²) in [5, 5.41) is 2.24. The Morgan fingerprint density at radius 3 is 2.90 bits per heavy atom. The molecule has 5 heteroatoms. The van der Waals surface area contributed by atoms with Crippen LogP contribution in [0.4, 0.5) is 4.79 Å². The second-order valence-corrected chi connectivity index (χ2v) is 1.60. The van der Waals surface area contributed by atoms with E-state index < -0.39 is 11.6 Å². The Hall–Kier alpha value is -1.52. The van der Waals surface area contributed by atoms with Crippen LogP contribution in [0.25, 0.3) is 0 Å². The van der Waals surface area contributed by atoms with Crippen molar-refractivity contribution in [2.24, 2.45) is 0 Å². The van der Waals surface area contributed by atoms with E-state index in [2.05, 4.69) is 9.84 Å². The van der Waals surface area contributed by atoms with Crippen molar-refractivity contribution in [3.63, 3.8) is 0 Å². The summed E-state index contributed by atoms with van der Waals surface area (Å²) in [6.45, 7) is 0. The molecule has 0 saturated carbocycles. The highest BCUT2D eigenvalue weighted by molar-refractivity contribution is 5.74. The summed E-state index contributed by atoms with van der Waals surface area (Å²) in [5.41, 5.74) is -0.473. The Morgan fingerprint density at radius 2 is 2.50 bits per heavy atom. The highest BCUT2D eigenvalue weighted by Crippen LogP contribution is 1.79. The van der Waals surface area contributed by atoms with E-state index in [0.717, 1.165) is 12.3 Å². The molecule has 1 amide bonds. The number of nitrogens with zero attached hydrogens (tertiary/aromatic N) is 1. The minimum absolute atomic E-state index is 0.473. The highest BCUT2D eigenvalue weighted by Gasteiger charge is 2.04. The van der Waals surface area contributed by atoms with Gasteiger partial charge in [0.15, 0.2) is 0 Å². The molecule has 1 N–H and O–H groups in total. The summed E-state index contributed by atoms with van der Waals surface area (Å²) in [6, 6.07) is 0.588. The molecule has 1 aromatic rings. The first-order valence-electron chi connectivity index (χ1n) is 2.65. The zero-order valence-corrected chi connectivity index (χ0v) is 5.33. The molecule has 0 saturated heterocycles. The van der Waals surface area contributed by atoms with Crippen LogP contribution < -0.4 is 10.9 Å². The SMILES string of the molecule is CNC(=O)n1occc1=O. The number of hydrogen-bond donors (Lipinski definition) is 1. The van der Waals surface area contributed by atoms with Gasteiger partial charge in [-0.3, -0.25) is 4.79 Å². The molecule has 54 valence electrons. The molecule has 0 aliphatic heterocycles. The summed E-state index contributed by atoms with van der Waals surface area (Å²) in [4.78, 5) is 21.3. The largest absolute Gasteiger partial charge is 0.375 e. The predicted octanol–water partition coefficient (Wildman–Crippen LogP) is -0.371. The van der Waals surface area contributed by atoms with Gasteiger partial charge in [-0.25, -0.2) is 4.79 Å². The van der Waals surface area contributed by atoms with E-state index in [0.29, 0.717) is 4.74 Å². The van der Waals surface area contributed by atoms with Crippen LogP contribution in [0.1, 0.15) is 0 Å². The van der Waals surface area contributed by atoms with Gasteiger partial charge in [0, 0.05) is 13.1 Å². The van der Waals surface area contributed by atoms with E-state index in [9.17, 15) is 9.59 Å². The zero-order valence-electron chi connectivity index (χ0n) is 5.33. The van der Waals surface area contributed by atoms with E-state index >= 15 is 0 Å². The van der Waals surface area contributed by atoms with Crippen LogP contribution in [0.3, 0.4) is 0 Å². The Kier molecular flexibility index (Phi) is 1.57. The monoisotopic (exact) mass is 142 g/mol. The number of amides is 1. The van der Waals surface area contributed by atoms with Gasteiger partial charge in [-0.1, -0.05) is 4.74 Å². The van der Waals surface area contributed by atoms with Crippen molar-refractivity contribution in [2.45, 2.75) is 0 Å². The summed E-state index contributed by atoms with van der Waals surface area (Å²) < 4.78 is 5.13. The smallest absolute Gasteiger partial charge is 0.358 e. The molecule has 1 rings (SSSR count). The minimum atomic E-state index is -0.574. The molecule has 0 atom stereocenters. The van der Waals surface area contributed by atoms with Gasteiger partial charge in [0.05, 0.1) is 0 Å². The molecule has 0 aromatic carbocycles. The van der Waals surface area contributed by atoms with Gasteiger partial charge in [0.25, 0.3) is 5.56 Å². The average Bonchev–Trinajstić information content (AvgIpc) is 2.34. The summed E-state index contributed by atoms with van der Waals surface area (Å²) in [7, 11) is 1.41. The highest BCUT2D eigenvalue weighted by atomic mass is 16.5. The van der Waals surface area contributed by atoms with Gasteiger partial charge in [-0.15, -0.1) is 0 Å². The third-order valence-electron chi connectivity index (χ3n) is 0.975. The van der Waals surface area contributed by atoms with Crippen molar-refractivity contribution in [2.75, 3.05) is 7.05 Å². The molecule has 0 fully saturated rings. The first kappa shape index (κ1) is 6.60. The number of nitrogens with one attached hydrogen (secondary N) is 1. The van der Waals surface area contributed by atoms with Gasteiger partial charge >= 0.3 is 6.03 Å². The Morgan fingerprint density at radius 1 is 1.80 bits per heavy atom. The Bertz CT molecular complexity index is 285. The van der Waals surface area contributed by atoms with E-state index in [1.165, 1.54) is 7.05 Å². The lowest BCUT2D eigenvalue weighted by atomic mass is 10.7. The van der Waals surface area contributed by atoms with Crippen molar-refractivity contribution in [1.29, 1.82) is 0 Å². The molecule has 0 radical (unpaired) electrons. The van der Waals surface area contributed by atoms with E-state index in [1.54, 1.807) is 0 Å². The number of hydrogen-bond acceptors (Lipinski definition) is 3. The van der Waals surface area contributed by atoms with Crippen LogP contribution in [0, 0.1) is 0 Å². The van der Waals surface area contributed by atoms with Crippen LogP contribution >= 0.6 is 0 Å². The van der Waals surface area contributed by atoms with Crippen molar-refractivity contribution >= 4 is 6.03 Å². The molecule has 10 heavy (non-hydrogen) atoms. The van der Waals surface area contributed by atoms with Crippen LogP contribution in [-0.2, 0) is 0 Å². The lowest BCUT2D eigenvalue weighted by Crippen LogP contribution is -2.30. The number of carbonyl (C=O) groups excluding carboxylic acids is 1. The Balaban J connectivity index is 3.05. The van der Waals surface area contributed by atoms with Gasteiger partial charge in [-0.2, -0.15) is 0 Å². The van der Waals surface area contributed by atoms with Crippen LogP contribution in [0.5, 0.6) is 0 Å². The van der Waals surface area contributed by atoms with Crippen LogP contribution in [0.2, 0.25) is 0 Å². The fourth-order valence-electron chi connectivity index (χ4n) is 0.519. The normalized spacial score (nSPS) is 9.30. The van der Waals surface area contributed by atoms with E-state index in [4.69, 9.17) is 0 Å². The summed E-state index contributed by atoms with van der Waals surface area (Å²) >= 11 is 0. The zero-order chi connectivity index (χ0) is 7.56. The topological polar surface area (TPSA) is 64.2 Å². The number of carbonyl (C=O) groups is 1. The van der Waals surface area contributed by atoms with Crippen molar-refractivity contribution < 1.29 is 9.32 Å². The third-order valence-corrected chi connectivity index (χ3v) is 0.975. The fourth-order valence-corrected chi connectivity index (χ4v) is 0.519. The molecule has 0 bridgehead atoms. The third kappa shape index (κ3) is 0.928. The lowest BCUT2D eigenvalue weighted by Gasteiger charge is -1.93. The minimum Gasteiger partial charge on any atom is -0.375 e.